The van der Waals surface area contributed by atoms with Gasteiger partial charge < -0.3 is 49.2 Å². The summed E-state index contributed by atoms with van der Waals surface area (Å²) in [5, 5.41) is 33.2. The van der Waals surface area contributed by atoms with Crippen LogP contribution in [0.2, 0.25) is 0 Å². The third kappa shape index (κ3) is 12.8. The van der Waals surface area contributed by atoms with Crippen LogP contribution in [0.1, 0.15) is 70.4 Å². The number of rotatable bonds is 19. The number of aromatic nitrogens is 6. The number of hydrogen-bond acceptors (Lipinski definition) is 16. The molecule has 2 aliphatic rings. The Bertz CT molecular complexity index is 2920. The van der Waals surface area contributed by atoms with Crippen LogP contribution in [-0.2, 0) is 25.8 Å². The molecule has 1 atom stereocenters. The highest BCUT2D eigenvalue weighted by Gasteiger charge is 2.32. The molecule has 0 aliphatic carbocycles. The Hall–Kier alpha value is -7.33. The van der Waals surface area contributed by atoms with E-state index in [1.165, 1.54) is 51.4 Å². The van der Waals surface area contributed by atoms with Gasteiger partial charge in [0.1, 0.15) is 36.0 Å². The number of aryl methyl sites for hydroxylation is 2. The lowest BCUT2D eigenvalue weighted by molar-refractivity contribution is -0.150. The molecule has 3 N–H and O–H groups in total. The molecule has 2 saturated heterocycles. The number of aliphatic hydroxyl groups is 1. The van der Waals surface area contributed by atoms with E-state index < -0.39 is 41.8 Å². The first-order valence-electron chi connectivity index (χ1n) is 23.9. The van der Waals surface area contributed by atoms with Gasteiger partial charge in [-0.3, -0.25) is 19.6 Å². The molecule has 0 radical (unpaired) electrons. The minimum atomic E-state index is -3.18. The van der Waals surface area contributed by atoms with Gasteiger partial charge in [0.25, 0.3) is 29.5 Å². The molecule has 0 saturated carbocycles. The fourth-order valence-electron chi connectivity index (χ4n) is 8.07. The predicted octanol–water partition coefficient (Wildman–Crippen LogP) is 7.68. The third-order valence-electron chi connectivity index (χ3n) is 12.2. The van der Waals surface area contributed by atoms with Crippen molar-refractivity contribution in [3.63, 3.8) is 0 Å². The number of morpholine rings is 2. The Labute approximate surface area is 420 Å². The van der Waals surface area contributed by atoms with E-state index in [2.05, 4.69) is 45.9 Å². The summed E-state index contributed by atoms with van der Waals surface area (Å²) in [6, 6.07) is 19.9. The standard InChI is InChI=1S/C52H57F3N10O8/c1-6-52(54,55)45-26-35(12-14-57-45)48(68)59-37-10-8-33(3)39(28-37)41-30-43(50(63-61-41)72-22-18-66)65-17-21-70-46(31-65)71-23-24-73-49-42(64-15-19-69-20-16-64)29-40(60-62-49)38-27-36(9-7-32(38)2)58-47(67)34-11-13-56-44(25-34)51(4,5)53/h7-14,25-30,46,66H,6,15-24,31H2,1-5H3,(H,58,67)(H,59,68). The molecule has 6 aromatic rings. The Morgan fingerprint density at radius 3 is 1.79 bits per heavy atom. The maximum Gasteiger partial charge on any atom is 0.289 e. The van der Waals surface area contributed by atoms with E-state index in [0.29, 0.717) is 85.0 Å². The minimum Gasteiger partial charge on any atom is -0.473 e. The van der Waals surface area contributed by atoms with E-state index in [1.807, 2.05) is 36.9 Å². The van der Waals surface area contributed by atoms with Crippen LogP contribution in [0.3, 0.4) is 0 Å². The first-order chi connectivity index (χ1) is 35.1. The van der Waals surface area contributed by atoms with E-state index in [4.69, 9.17) is 23.7 Å². The topological polar surface area (TPSA) is 208 Å². The summed E-state index contributed by atoms with van der Waals surface area (Å²) in [5.41, 5.74) is 4.59. The molecule has 4 aromatic heterocycles. The van der Waals surface area contributed by atoms with Crippen molar-refractivity contribution in [3.8, 4) is 34.3 Å². The average molecular weight is 1010 g/mol. The Morgan fingerprint density at radius 2 is 1.23 bits per heavy atom. The molecule has 2 aliphatic heterocycles. The molecular weight excluding hydrogens is 950 g/mol. The number of nitrogens with zero attached hydrogens (tertiary/aromatic N) is 8. The number of carbonyl (C=O) groups excluding carboxylic acids is 2. The fourth-order valence-corrected chi connectivity index (χ4v) is 8.07. The number of alkyl halides is 3. The quantitative estimate of drug-likeness (QED) is 0.0665. The van der Waals surface area contributed by atoms with Crippen LogP contribution in [0.4, 0.5) is 35.9 Å². The van der Waals surface area contributed by atoms with Gasteiger partial charge >= 0.3 is 0 Å². The zero-order valence-corrected chi connectivity index (χ0v) is 41.2. The van der Waals surface area contributed by atoms with E-state index in [0.717, 1.165) is 22.8 Å². The molecule has 2 aromatic carbocycles. The first-order valence-corrected chi connectivity index (χ1v) is 23.9. The smallest absolute Gasteiger partial charge is 0.289 e. The highest BCUT2D eigenvalue weighted by atomic mass is 19.3. The number of amides is 2. The van der Waals surface area contributed by atoms with Crippen molar-refractivity contribution in [2.75, 3.05) is 92.9 Å². The summed E-state index contributed by atoms with van der Waals surface area (Å²) in [4.78, 5) is 38.5. The van der Waals surface area contributed by atoms with Crippen molar-refractivity contribution in [2.45, 2.75) is 58.9 Å². The SMILES string of the molecule is CCC(F)(F)c1cc(C(=O)Nc2ccc(C)c(-c3cc(N4CCOC(OCCOc5nnc(-c6cc(NC(=O)c7ccnc(C(C)(C)F)c7)ccc6C)cc5N5CCOCC5)C4)c(OCCO)nn3)c2)ccn1. The number of anilines is 4. The number of pyridine rings is 2. The molecule has 2 amide bonds. The molecule has 1 unspecified atom stereocenters. The molecule has 6 heterocycles. The highest BCUT2D eigenvalue weighted by Crippen LogP contribution is 2.36. The van der Waals surface area contributed by atoms with Gasteiger partial charge in [0, 0.05) is 72.1 Å². The second-order valence-electron chi connectivity index (χ2n) is 17.8. The number of nitrogens with one attached hydrogen (secondary N) is 2. The van der Waals surface area contributed by atoms with Gasteiger partial charge in [-0.15, -0.1) is 20.4 Å². The molecule has 18 nitrogen and oxygen atoms in total. The Kier molecular flexibility index (Phi) is 16.4. The van der Waals surface area contributed by atoms with Gasteiger partial charge in [0.05, 0.1) is 56.7 Å². The van der Waals surface area contributed by atoms with E-state index in [-0.39, 0.29) is 55.7 Å². The molecule has 8 rings (SSSR count). The van der Waals surface area contributed by atoms with Gasteiger partial charge in [-0.25, -0.2) is 4.39 Å². The molecule has 0 spiro atoms. The van der Waals surface area contributed by atoms with Crippen LogP contribution in [0.25, 0.3) is 22.5 Å². The highest BCUT2D eigenvalue weighted by molar-refractivity contribution is 6.05. The number of halogens is 3. The summed E-state index contributed by atoms with van der Waals surface area (Å²) in [7, 11) is 0. The lowest BCUT2D eigenvalue weighted by Gasteiger charge is -2.34. The summed E-state index contributed by atoms with van der Waals surface area (Å²) in [5.74, 6) is -3.68. The number of hydrogen-bond donors (Lipinski definition) is 3. The van der Waals surface area contributed by atoms with E-state index in [1.54, 1.807) is 30.3 Å². The van der Waals surface area contributed by atoms with Crippen molar-refractivity contribution < 1.29 is 51.6 Å². The van der Waals surface area contributed by atoms with E-state index >= 15 is 0 Å². The largest absolute Gasteiger partial charge is 0.473 e. The maximum absolute atomic E-state index is 14.6. The molecule has 384 valence electrons. The zero-order valence-electron chi connectivity index (χ0n) is 41.2. The summed E-state index contributed by atoms with van der Waals surface area (Å²) in [6.45, 7) is 11.1. The Balaban J connectivity index is 0.938. The second kappa shape index (κ2) is 23.0. The summed E-state index contributed by atoms with van der Waals surface area (Å²) < 4.78 is 73.3. The van der Waals surface area contributed by atoms with Crippen LogP contribution in [0.15, 0.2) is 85.2 Å². The number of benzene rings is 2. The lowest BCUT2D eigenvalue weighted by atomic mass is 10.0. The normalized spacial score (nSPS) is 15.2. The second-order valence-corrected chi connectivity index (χ2v) is 17.8. The van der Waals surface area contributed by atoms with Gasteiger partial charge in [0.15, 0.2) is 6.29 Å². The number of aliphatic hydroxyl groups excluding tert-OH is 1. The van der Waals surface area contributed by atoms with Gasteiger partial charge in [0.2, 0.25) is 0 Å². The van der Waals surface area contributed by atoms with Crippen molar-refractivity contribution in [2.24, 2.45) is 0 Å². The average Bonchev–Trinajstić information content (AvgIpc) is 3.40. The summed E-state index contributed by atoms with van der Waals surface area (Å²) in [6.07, 6.45) is 1.45. The van der Waals surface area contributed by atoms with E-state index in [9.17, 15) is 27.9 Å². The van der Waals surface area contributed by atoms with Crippen molar-refractivity contribution >= 4 is 34.6 Å². The monoisotopic (exact) mass is 1010 g/mol. The molecule has 73 heavy (non-hydrogen) atoms. The van der Waals surface area contributed by atoms with Crippen molar-refractivity contribution in [1.82, 2.24) is 30.4 Å². The fraction of sp³-hybridized carbons (Fsp3) is 0.385. The lowest BCUT2D eigenvalue weighted by Crippen LogP contribution is -2.44. The van der Waals surface area contributed by atoms with Gasteiger partial charge in [-0.1, -0.05) is 19.1 Å². The van der Waals surface area contributed by atoms with Crippen LogP contribution in [0.5, 0.6) is 11.8 Å². The molecular formula is C52H57F3N10O8. The predicted molar refractivity (Wildman–Crippen MR) is 266 cm³/mol. The number of carbonyl (C=O) groups is 2. The Morgan fingerprint density at radius 1 is 0.699 bits per heavy atom. The molecule has 2 fully saturated rings. The summed E-state index contributed by atoms with van der Waals surface area (Å²) >= 11 is 0. The first kappa shape index (κ1) is 52.0. The molecule has 0 bridgehead atoms. The van der Waals surface area contributed by atoms with Crippen LogP contribution in [0, 0.1) is 13.8 Å². The van der Waals surface area contributed by atoms with Crippen molar-refractivity contribution in [3.05, 3.63) is 119 Å². The van der Waals surface area contributed by atoms with Crippen LogP contribution in [-0.4, -0.2) is 126 Å². The van der Waals surface area contributed by atoms with Gasteiger partial charge in [-0.05, 0) is 99.5 Å². The van der Waals surface area contributed by atoms with Crippen LogP contribution < -0.4 is 29.9 Å². The van der Waals surface area contributed by atoms with Crippen molar-refractivity contribution in [1.29, 1.82) is 0 Å². The maximum atomic E-state index is 14.6. The minimum absolute atomic E-state index is 0.0272. The number of ether oxygens (including phenoxy) is 5. The third-order valence-corrected chi connectivity index (χ3v) is 12.2. The zero-order chi connectivity index (χ0) is 51.7. The molecule has 21 heteroatoms. The van der Waals surface area contributed by atoms with Crippen LogP contribution >= 0.6 is 0 Å². The van der Waals surface area contributed by atoms with Gasteiger partial charge in [-0.2, -0.15) is 8.78 Å².